The summed E-state index contributed by atoms with van der Waals surface area (Å²) in [4.78, 5) is 26.6. The molecule has 0 radical (unpaired) electrons. The summed E-state index contributed by atoms with van der Waals surface area (Å²) in [5, 5.41) is 3.47. The first-order chi connectivity index (χ1) is 13.5. The summed E-state index contributed by atoms with van der Waals surface area (Å²) in [5.41, 5.74) is 0.790. The van der Waals surface area contributed by atoms with Gasteiger partial charge in [-0.05, 0) is 44.7 Å². The molecule has 1 aromatic carbocycles. The number of para-hydroxylation sites is 2. The number of benzene rings is 1. The van der Waals surface area contributed by atoms with Crippen molar-refractivity contribution in [3.63, 3.8) is 0 Å². The Morgan fingerprint density at radius 1 is 1.32 bits per heavy atom. The van der Waals surface area contributed by atoms with Gasteiger partial charge in [-0.25, -0.2) is 4.79 Å². The first-order valence-corrected chi connectivity index (χ1v) is 9.92. The largest absolute Gasteiger partial charge is 0.486 e. The lowest BCUT2D eigenvalue weighted by Gasteiger charge is -2.29. The average Bonchev–Trinajstić information content (AvgIpc) is 3.01. The number of aryl methyl sites for hydroxylation is 1. The van der Waals surface area contributed by atoms with Gasteiger partial charge in [-0.2, -0.15) is 0 Å². The van der Waals surface area contributed by atoms with Gasteiger partial charge >= 0.3 is 5.97 Å². The van der Waals surface area contributed by atoms with Gasteiger partial charge in [0.2, 0.25) is 5.91 Å². The number of hydrogen-bond acceptors (Lipinski definition) is 7. The van der Waals surface area contributed by atoms with Crippen molar-refractivity contribution in [1.29, 1.82) is 0 Å². The first-order valence-electron chi connectivity index (χ1n) is 9.10. The number of carbonyl (C=O) groups excluding carboxylic acids is 2. The number of anilines is 1. The molecule has 28 heavy (non-hydrogen) atoms. The second kappa shape index (κ2) is 9.07. The Hall–Kier alpha value is -2.58. The van der Waals surface area contributed by atoms with Crippen LogP contribution in [0.1, 0.15) is 22.2 Å². The van der Waals surface area contributed by atoms with Gasteiger partial charge in [-0.15, -0.1) is 11.3 Å². The minimum atomic E-state index is -0.364. The number of thiophene rings is 1. The molecule has 0 spiro atoms. The molecule has 2 aromatic rings. The Morgan fingerprint density at radius 3 is 2.82 bits per heavy atom. The van der Waals surface area contributed by atoms with Crippen molar-refractivity contribution < 1.29 is 23.8 Å². The quantitative estimate of drug-likeness (QED) is 0.715. The maximum absolute atomic E-state index is 12.3. The summed E-state index contributed by atoms with van der Waals surface area (Å²) in [6.07, 6.45) is -0.146. The van der Waals surface area contributed by atoms with Crippen LogP contribution >= 0.6 is 11.3 Å². The Balaban J connectivity index is 1.50. The molecular weight excluding hydrogens is 380 g/mol. The molecule has 0 saturated carbocycles. The number of carbonyl (C=O) groups is 2. The Kier molecular flexibility index (Phi) is 6.53. The van der Waals surface area contributed by atoms with E-state index in [0.717, 1.165) is 17.1 Å². The number of esters is 1. The maximum atomic E-state index is 12.3. The molecule has 150 valence electrons. The monoisotopic (exact) mass is 404 g/mol. The van der Waals surface area contributed by atoms with Crippen LogP contribution in [0.15, 0.2) is 30.3 Å². The fourth-order valence-electron chi connectivity index (χ4n) is 2.93. The van der Waals surface area contributed by atoms with E-state index >= 15 is 0 Å². The number of likely N-dealkylation sites (N-methyl/N-ethyl adjacent to an activating group) is 1. The zero-order valence-corrected chi connectivity index (χ0v) is 17.0. The van der Waals surface area contributed by atoms with Crippen LogP contribution in [0.2, 0.25) is 0 Å². The van der Waals surface area contributed by atoms with E-state index in [1.807, 2.05) is 43.1 Å². The van der Waals surface area contributed by atoms with Crippen molar-refractivity contribution in [1.82, 2.24) is 4.90 Å². The predicted octanol–water partition coefficient (Wildman–Crippen LogP) is 2.94. The van der Waals surface area contributed by atoms with Gasteiger partial charge in [0.1, 0.15) is 17.6 Å². The molecule has 0 aliphatic carbocycles. The molecule has 0 fully saturated rings. The van der Waals surface area contributed by atoms with Crippen LogP contribution in [0.25, 0.3) is 0 Å². The van der Waals surface area contributed by atoms with Gasteiger partial charge in [0.15, 0.2) is 11.5 Å². The third-order valence-corrected chi connectivity index (χ3v) is 5.27. The SMILES string of the molecule is CCOC(=O)c1sc(NC(=O)CN(C)CC2COc3ccccc3O2)cc1C. The van der Waals surface area contributed by atoms with Crippen LogP contribution in [0.3, 0.4) is 0 Å². The second-order valence-electron chi connectivity index (χ2n) is 6.59. The highest BCUT2D eigenvalue weighted by molar-refractivity contribution is 7.18. The van der Waals surface area contributed by atoms with E-state index in [4.69, 9.17) is 14.2 Å². The lowest BCUT2D eigenvalue weighted by Crippen LogP contribution is -2.42. The summed E-state index contributed by atoms with van der Waals surface area (Å²) < 4.78 is 16.7. The molecule has 1 aliphatic heterocycles. The van der Waals surface area contributed by atoms with Crippen LogP contribution in [0.4, 0.5) is 5.00 Å². The van der Waals surface area contributed by atoms with Gasteiger partial charge in [0, 0.05) is 6.54 Å². The number of nitrogens with one attached hydrogen (secondary N) is 1. The van der Waals surface area contributed by atoms with E-state index in [0.29, 0.717) is 29.6 Å². The smallest absolute Gasteiger partial charge is 0.348 e. The molecule has 0 bridgehead atoms. The first kappa shape index (κ1) is 20.2. The third kappa shape index (κ3) is 5.02. The van der Waals surface area contributed by atoms with Crippen molar-refractivity contribution in [2.24, 2.45) is 0 Å². The van der Waals surface area contributed by atoms with Crippen LogP contribution in [0.5, 0.6) is 11.5 Å². The normalized spacial score (nSPS) is 15.4. The molecule has 8 heteroatoms. The molecule has 1 N–H and O–H groups in total. The highest BCUT2D eigenvalue weighted by atomic mass is 32.1. The zero-order valence-electron chi connectivity index (χ0n) is 16.2. The van der Waals surface area contributed by atoms with Crippen molar-refractivity contribution in [2.45, 2.75) is 20.0 Å². The minimum Gasteiger partial charge on any atom is -0.486 e. The molecule has 7 nitrogen and oxygen atoms in total. The van der Waals surface area contributed by atoms with Crippen molar-refractivity contribution in [3.8, 4) is 11.5 Å². The number of nitrogens with zero attached hydrogens (tertiary/aromatic N) is 1. The van der Waals surface area contributed by atoms with E-state index in [2.05, 4.69) is 5.32 Å². The minimum absolute atomic E-state index is 0.146. The fourth-order valence-corrected chi connectivity index (χ4v) is 3.91. The summed E-state index contributed by atoms with van der Waals surface area (Å²) in [5.74, 6) is 0.940. The van der Waals surface area contributed by atoms with E-state index in [1.54, 1.807) is 13.0 Å². The van der Waals surface area contributed by atoms with E-state index in [9.17, 15) is 9.59 Å². The topological polar surface area (TPSA) is 77.1 Å². The fraction of sp³-hybridized carbons (Fsp3) is 0.400. The number of rotatable bonds is 7. The average molecular weight is 404 g/mol. The second-order valence-corrected chi connectivity index (χ2v) is 7.64. The van der Waals surface area contributed by atoms with Gasteiger partial charge in [0.25, 0.3) is 0 Å². The van der Waals surface area contributed by atoms with Crippen LogP contribution < -0.4 is 14.8 Å². The number of hydrogen-bond donors (Lipinski definition) is 1. The van der Waals surface area contributed by atoms with Crippen LogP contribution in [-0.4, -0.2) is 56.2 Å². The number of ether oxygens (including phenoxy) is 3. The zero-order chi connectivity index (χ0) is 20.1. The lowest BCUT2D eigenvalue weighted by atomic mass is 10.2. The Morgan fingerprint density at radius 2 is 2.07 bits per heavy atom. The van der Waals surface area contributed by atoms with Crippen LogP contribution in [0, 0.1) is 6.92 Å². The summed E-state index contributed by atoms with van der Waals surface area (Å²) >= 11 is 1.22. The standard InChI is InChI=1S/C20H24N2O5S/c1-4-25-20(24)19-13(2)9-18(28-19)21-17(23)11-22(3)10-14-12-26-15-7-5-6-8-16(15)27-14/h5-9,14H,4,10-12H2,1-3H3,(H,21,23). The predicted molar refractivity (Wildman–Crippen MR) is 107 cm³/mol. The summed E-state index contributed by atoms with van der Waals surface area (Å²) in [6.45, 7) is 5.10. The molecular formula is C20H24N2O5S. The van der Waals surface area contributed by atoms with Crippen molar-refractivity contribution in [3.05, 3.63) is 40.8 Å². The lowest BCUT2D eigenvalue weighted by molar-refractivity contribution is -0.117. The number of amides is 1. The maximum Gasteiger partial charge on any atom is 0.348 e. The molecule has 2 heterocycles. The van der Waals surface area contributed by atoms with Gasteiger partial charge in [-0.1, -0.05) is 12.1 Å². The molecule has 1 amide bonds. The number of fused-ring (bicyclic) bond motifs is 1. The Bertz CT molecular complexity index is 851. The third-order valence-electron chi connectivity index (χ3n) is 4.14. The van der Waals surface area contributed by atoms with E-state index in [-0.39, 0.29) is 24.5 Å². The van der Waals surface area contributed by atoms with Crippen LogP contribution in [-0.2, 0) is 9.53 Å². The highest BCUT2D eigenvalue weighted by Crippen LogP contribution is 2.31. The molecule has 3 rings (SSSR count). The molecule has 1 aliphatic rings. The summed E-state index contributed by atoms with van der Waals surface area (Å²) in [7, 11) is 1.85. The molecule has 0 saturated heterocycles. The highest BCUT2D eigenvalue weighted by Gasteiger charge is 2.23. The molecule has 1 atom stereocenters. The Labute approximate surface area is 168 Å². The van der Waals surface area contributed by atoms with Crippen molar-refractivity contribution in [2.75, 3.05) is 38.7 Å². The van der Waals surface area contributed by atoms with E-state index < -0.39 is 0 Å². The molecule has 1 aromatic heterocycles. The van der Waals surface area contributed by atoms with Gasteiger partial charge < -0.3 is 19.5 Å². The van der Waals surface area contributed by atoms with Gasteiger partial charge in [-0.3, -0.25) is 9.69 Å². The summed E-state index contributed by atoms with van der Waals surface area (Å²) in [6, 6.07) is 9.32. The van der Waals surface area contributed by atoms with Gasteiger partial charge in [0.05, 0.1) is 18.2 Å². The molecule has 1 unspecified atom stereocenters. The van der Waals surface area contributed by atoms with Crippen molar-refractivity contribution >= 4 is 28.2 Å². The van der Waals surface area contributed by atoms with E-state index in [1.165, 1.54) is 11.3 Å².